The second-order valence-electron chi connectivity index (χ2n) is 3.73. The third kappa shape index (κ3) is 3.00. The number of nitriles is 5. The van der Waals surface area contributed by atoms with E-state index < -0.39 is 0 Å². The average molecular weight is 257 g/mol. The Hall–Kier alpha value is -3.59. The second kappa shape index (κ2) is 6.98. The van der Waals surface area contributed by atoms with Crippen molar-refractivity contribution in [2.45, 2.75) is 12.8 Å². The SMILES string of the molecule is N#CCCc1cc(=C(C#N)C#N)ccc1=C(C#N)C#N. The van der Waals surface area contributed by atoms with Crippen LogP contribution in [0.5, 0.6) is 0 Å². The van der Waals surface area contributed by atoms with Gasteiger partial charge in [0.1, 0.15) is 35.4 Å². The van der Waals surface area contributed by atoms with Gasteiger partial charge in [-0.25, -0.2) is 0 Å². The summed E-state index contributed by atoms with van der Waals surface area (Å²) in [4.78, 5) is 0. The van der Waals surface area contributed by atoms with Crippen molar-refractivity contribution in [1.29, 1.82) is 26.3 Å². The third-order valence-electron chi connectivity index (χ3n) is 2.62. The van der Waals surface area contributed by atoms with Crippen molar-refractivity contribution in [3.8, 4) is 30.3 Å². The van der Waals surface area contributed by atoms with Gasteiger partial charge in [0.15, 0.2) is 0 Å². The minimum Gasteiger partial charge on any atom is -0.198 e. The molecule has 1 aromatic carbocycles. The number of aryl methyl sites for hydroxylation is 1. The van der Waals surface area contributed by atoms with E-state index in [1.807, 2.05) is 6.07 Å². The molecule has 0 fully saturated rings. The lowest BCUT2D eigenvalue weighted by molar-refractivity contribution is 0.998. The highest BCUT2D eigenvalue weighted by Gasteiger charge is 2.04. The summed E-state index contributed by atoms with van der Waals surface area (Å²) < 4.78 is 0. The van der Waals surface area contributed by atoms with Gasteiger partial charge in [-0.2, -0.15) is 26.3 Å². The van der Waals surface area contributed by atoms with Gasteiger partial charge in [-0.1, -0.05) is 12.1 Å². The Kier molecular flexibility index (Phi) is 5.05. The summed E-state index contributed by atoms with van der Waals surface area (Å²) in [7, 11) is 0. The Balaban J connectivity index is 3.77. The fourth-order valence-corrected chi connectivity index (χ4v) is 1.69. The molecule has 5 heteroatoms. The van der Waals surface area contributed by atoms with Crippen molar-refractivity contribution < 1.29 is 0 Å². The predicted octanol–water partition coefficient (Wildman–Crippen LogP) is 0.538. The molecule has 0 bridgehead atoms. The highest BCUT2D eigenvalue weighted by Crippen LogP contribution is 1.98. The van der Waals surface area contributed by atoms with Crippen LogP contribution in [0.1, 0.15) is 12.0 Å². The minimum atomic E-state index is -0.0556. The van der Waals surface area contributed by atoms with Crippen molar-refractivity contribution in [2.75, 3.05) is 0 Å². The van der Waals surface area contributed by atoms with E-state index in [1.54, 1.807) is 30.3 Å². The molecule has 0 radical (unpaired) electrons. The first-order valence-electron chi connectivity index (χ1n) is 5.56. The van der Waals surface area contributed by atoms with E-state index in [-0.39, 0.29) is 17.6 Å². The topological polar surface area (TPSA) is 119 Å². The Morgan fingerprint density at radius 2 is 1.45 bits per heavy atom. The third-order valence-corrected chi connectivity index (χ3v) is 2.62. The van der Waals surface area contributed by atoms with Crippen LogP contribution < -0.4 is 10.4 Å². The summed E-state index contributed by atoms with van der Waals surface area (Å²) in [6.07, 6.45) is 0.561. The fourth-order valence-electron chi connectivity index (χ4n) is 1.69. The molecule has 5 nitrogen and oxygen atoms in total. The van der Waals surface area contributed by atoms with Crippen LogP contribution in [0.25, 0.3) is 11.1 Å². The Morgan fingerprint density at radius 3 is 1.95 bits per heavy atom. The summed E-state index contributed by atoms with van der Waals surface area (Å²) in [5.41, 5.74) is 0.496. The molecule has 92 valence electrons. The predicted molar refractivity (Wildman–Crippen MR) is 68.9 cm³/mol. The van der Waals surface area contributed by atoms with Gasteiger partial charge in [0.2, 0.25) is 0 Å². The number of hydrogen-bond acceptors (Lipinski definition) is 5. The van der Waals surface area contributed by atoms with Gasteiger partial charge in [0.05, 0.1) is 6.07 Å². The molecule has 0 heterocycles. The standard InChI is InChI=1S/C15H7N5/c16-5-1-2-12-6-11(13(7-17)8-18)3-4-15(12)14(9-19)10-20/h3-4,6H,1-2H2. The molecule has 20 heavy (non-hydrogen) atoms. The lowest BCUT2D eigenvalue weighted by atomic mass is 10.0. The normalized spacial score (nSPS) is 8.15. The van der Waals surface area contributed by atoms with Crippen molar-refractivity contribution in [3.63, 3.8) is 0 Å². The molecule has 0 aliphatic heterocycles. The summed E-state index contributed by atoms with van der Waals surface area (Å²) in [6, 6.07) is 13.8. The molecule has 0 aliphatic rings. The first kappa shape index (κ1) is 14.5. The molecular formula is C15H7N5. The summed E-state index contributed by atoms with van der Waals surface area (Å²) in [5, 5.41) is 45.0. The summed E-state index contributed by atoms with van der Waals surface area (Å²) >= 11 is 0. The molecule has 0 unspecified atom stereocenters. The van der Waals surface area contributed by atoms with Crippen molar-refractivity contribution in [1.82, 2.24) is 0 Å². The highest BCUT2D eigenvalue weighted by molar-refractivity contribution is 5.75. The monoisotopic (exact) mass is 257 g/mol. The average Bonchev–Trinajstić information content (AvgIpc) is 2.49. The van der Waals surface area contributed by atoms with Crippen molar-refractivity contribution in [2.24, 2.45) is 0 Å². The molecule has 0 spiro atoms. The van der Waals surface area contributed by atoms with Gasteiger partial charge in [-0.15, -0.1) is 0 Å². The first-order valence-corrected chi connectivity index (χ1v) is 5.56. The summed E-state index contributed by atoms with van der Waals surface area (Å²) in [6.45, 7) is 0. The zero-order valence-electron chi connectivity index (χ0n) is 10.4. The van der Waals surface area contributed by atoms with Gasteiger partial charge >= 0.3 is 0 Å². The van der Waals surface area contributed by atoms with E-state index in [1.165, 1.54) is 12.1 Å². The number of hydrogen-bond donors (Lipinski definition) is 0. The van der Waals surface area contributed by atoms with Gasteiger partial charge in [-0.3, -0.25) is 0 Å². The Morgan fingerprint density at radius 1 is 0.850 bits per heavy atom. The van der Waals surface area contributed by atoms with Crippen LogP contribution >= 0.6 is 0 Å². The summed E-state index contributed by atoms with van der Waals surface area (Å²) in [5.74, 6) is 0. The maximum Gasteiger partial charge on any atom is 0.137 e. The zero-order chi connectivity index (χ0) is 15.0. The Bertz CT molecular complexity index is 826. The number of rotatable bonds is 2. The first-order chi connectivity index (χ1) is 9.71. The van der Waals surface area contributed by atoms with Gasteiger partial charge in [0.25, 0.3) is 0 Å². The molecule has 0 saturated carbocycles. The lowest BCUT2D eigenvalue weighted by Crippen LogP contribution is -2.18. The number of benzene rings is 1. The van der Waals surface area contributed by atoms with E-state index in [0.717, 1.165) is 0 Å². The molecular weight excluding hydrogens is 250 g/mol. The van der Waals surface area contributed by atoms with Crippen LogP contribution in [0.15, 0.2) is 18.2 Å². The van der Waals surface area contributed by atoms with E-state index in [2.05, 4.69) is 0 Å². The van der Waals surface area contributed by atoms with Gasteiger partial charge in [-0.05, 0) is 18.1 Å². The lowest BCUT2D eigenvalue weighted by Gasteiger charge is -2.00. The fraction of sp³-hybridized carbons (Fsp3) is 0.133. The minimum absolute atomic E-state index is 0.0507. The van der Waals surface area contributed by atoms with Crippen LogP contribution in [0.2, 0.25) is 0 Å². The zero-order valence-corrected chi connectivity index (χ0v) is 10.4. The molecule has 0 atom stereocenters. The molecule has 0 aromatic heterocycles. The van der Waals surface area contributed by atoms with E-state index in [0.29, 0.717) is 22.4 Å². The second-order valence-corrected chi connectivity index (χ2v) is 3.73. The van der Waals surface area contributed by atoms with Crippen molar-refractivity contribution >= 4 is 11.1 Å². The molecule has 0 amide bonds. The van der Waals surface area contributed by atoms with Gasteiger partial charge < -0.3 is 0 Å². The maximum atomic E-state index is 8.92. The van der Waals surface area contributed by atoms with E-state index in [4.69, 9.17) is 26.3 Å². The smallest absolute Gasteiger partial charge is 0.137 e. The Labute approximate surface area is 115 Å². The molecule has 0 aliphatic carbocycles. The number of nitrogens with zero attached hydrogens (tertiary/aromatic N) is 5. The van der Waals surface area contributed by atoms with Crippen LogP contribution in [-0.4, -0.2) is 0 Å². The van der Waals surface area contributed by atoms with Crippen LogP contribution in [0.3, 0.4) is 0 Å². The highest BCUT2D eigenvalue weighted by atomic mass is 14.3. The van der Waals surface area contributed by atoms with E-state index >= 15 is 0 Å². The van der Waals surface area contributed by atoms with Crippen molar-refractivity contribution in [3.05, 3.63) is 34.2 Å². The largest absolute Gasteiger partial charge is 0.198 e. The maximum absolute atomic E-state index is 8.92. The quantitative estimate of drug-likeness (QED) is 0.765. The molecule has 1 aromatic rings. The van der Waals surface area contributed by atoms with Gasteiger partial charge in [0, 0.05) is 16.9 Å². The molecule has 0 N–H and O–H groups in total. The molecule has 0 saturated heterocycles. The molecule has 1 rings (SSSR count). The van der Waals surface area contributed by atoms with E-state index in [9.17, 15) is 0 Å². The van der Waals surface area contributed by atoms with Crippen LogP contribution in [0, 0.1) is 56.7 Å². The van der Waals surface area contributed by atoms with Crippen LogP contribution in [0.4, 0.5) is 0 Å². The van der Waals surface area contributed by atoms with Crippen LogP contribution in [-0.2, 0) is 6.42 Å².